The van der Waals surface area contributed by atoms with Crippen molar-refractivity contribution in [3.05, 3.63) is 71.3 Å². The third-order valence-corrected chi connectivity index (χ3v) is 6.95. The van der Waals surface area contributed by atoms with Crippen LogP contribution in [-0.2, 0) is 13.0 Å². The lowest BCUT2D eigenvalue weighted by atomic mass is 9.83. The summed E-state index contributed by atoms with van der Waals surface area (Å²) in [6.07, 6.45) is 5.57. The summed E-state index contributed by atoms with van der Waals surface area (Å²) in [5, 5.41) is 0.333. The maximum atomic E-state index is 6.58. The summed E-state index contributed by atoms with van der Waals surface area (Å²) in [5.41, 5.74) is 4.09. The van der Waals surface area contributed by atoms with Gasteiger partial charge in [0.05, 0.1) is 0 Å². The lowest BCUT2D eigenvalue weighted by molar-refractivity contribution is 0.210. The molecule has 28 heavy (non-hydrogen) atoms. The summed E-state index contributed by atoms with van der Waals surface area (Å²) in [6, 6.07) is 20.4. The summed E-state index contributed by atoms with van der Waals surface area (Å²) in [5.74, 6) is 0.286. The minimum Gasteiger partial charge on any atom is -0.297 e. The summed E-state index contributed by atoms with van der Waals surface area (Å²) >= 11 is 13.2. The van der Waals surface area contributed by atoms with Crippen LogP contribution in [0, 0.1) is 0 Å². The molecule has 0 spiro atoms. The largest absolute Gasteiger partial charge is 0.297 e. The highest BCUT2D eigenvalue weighted by Gasteiger charge is 2.31. The van der Waals surface area contributed by atoms with E-state index in [4.69, 9.17) is 23.2 Å². The van der Waals surface area contributed by atoms with Crippen LogP contribution in [-0.4, -0.2) is 28.2 Å². The predicted octanol–water partition coefficient (Wildman–Crippen LogP) is 7.01. The molecule has 3 heteroatoms. The highest BCUT2D eigenvalue weighted by atomic mass is 35.5. The van der Waals surface area contributed by atoms with Crippen LogP contribution < -0.4 is 0 Å². The van der Waals surface area contributed by atoms with Gasteiger partial charge in [-0.25, -0.2) is 0 Å². The maximum Gasteiger partial charge on any atom is 0.0418 e. The van der Waals surface area contributed by atoms with Crippen molar-refractivity contribution < 1.29 is 0 Å². The standard InChI is InChI=1S/C25H33Cl2N/c1-19(2)28(18-21-8-4-3-5-9-21)17-7-10-20-13-15-22(16-14-20)25-23(26)11-6-12-24(25)27/h3-5,8-9,13-16,19,23-25H,6-7,10-12,17-18H2,1-2H3. The number of aryl methyl sites for hydroxylation is 1. The Labute approximate surface area is 181 Å². The molecule has 1 aliphatic rings. The quantitative estimate of drug-likeness (QED) is 0.417. The molecule has 0 heterocycles. The fraction of sp³-hybridized carbons (Fsp3) is 0.520. The van der Waals surface area contributed by atoms with Crippen LogP contribution in [0.5, 0.6) is 0 Å². The number of rotatable bonds is 8. The van der Waals surface area contributed by atoms with E-state index in [9.17, 15) is 0 Å². The molecule has 2 unspecified atom stereocenters. The summed E-state index contributed by atoms with van der Waals surface area (Å²) < 4.78 is 0. The summed E-state index contributed by atoms with van der Waals surface area (Å²) in [6.45, 7) is 6.71. The minimum absolute atomic E-state index is 0.166. The van der Waals surface area contributed by atoms with Gasteiger partial charge in [0.2, 0.25) is 0 Å². The molecule has 1 saturated carbocycles. The first-order valence-electron chi connectivity index (χ1n) is 10.7. The van der Waals surface area contributed by atoms with Gasteiger partial charge in [-0.3, -0.25) is 4.90 Å². The van der Waals surface area contributed by atoms with Crippen molar-refractivity contribution in [1.29, 1.82) is 0 Å². The molecule has 0 N–H and O–H groups in total. The first kappa shape index (κ1) is 21.7. The average Bonchev–Trinajstić information content (AvgIpc) is 2.69. The van der Waals surface area contributed by atoms with E-state index in [2.05, 4.69) is 73.3 Å². The second kappa shape index (κ2) is 10.7. The Balaban J connectivity index is 1.52. The minimum atomic E-state index is 0.166. The molecule has 0 amide bonds. The zero-order valence-corrected chi connectivity index (χ0v) is 18.7. The van der Waals surface area contributed by atoms with Gasteiger partial charge < -0.3 is 0 Å². The van der Waals surface area contributed by atoms with Crippen molar-refractivity contribution in [2.24, 2.45) is 0 Å². The molecule has 0 saturated heterocycles. The zero-order chi connectivity index (χ0) is 19.9. The predicted molar refractivity (Wildman–Crippen MR) is 123 cm³/mol. The van der Waals surface area contributed by atoms with Gasteiger partial charge in [0.25, 0.3) is 0 Å². The van der Waals surface area contributed by atoms with Crippen molar-refractivity contribution in [2.75, 3.05) is 6.54 Å². The Morgan fingerprint density at radius 2 is 1.54 bits per heavy atom. The lowest BCUT2D eigenvalue weighted by Crippen LogP contribution is -2.31. The number of nitrogens with zero attached hydrogens (tertiary/aromatic N) is 1. The first-order chi connectivity index (χ1) is 13.5. The van der Waals surface area contributed by atoms with Gasteiger partial charge in [-0.2, -0.15) is 0 Å². The second-order valence-electron chi connectivity index (χ2n) is 8.38. The van der Waals surface area contributed by atoms with E-state index >= 15 is 0 Å². The Morgan fingerprint density at radius 1 is 0.893 bits per heavy atom. The normalized spacial score (nSPS) is 22.7. The van der Waals surface area contributed by atoms with Gasteiger partial charge in [-0.05, 0) is 62.8 Å². The van der Waals surface area contributed by atoms with Crippen LogP contribution >= 0.6 is 23.2 Å². The van der Waals surface area contributed by atoms with Gasteiger partial charge in [-0.1, -0.05) is 61.0 Å². The van der Waals surface area contributed by atoms with E-state index in [-0.39, 0.29) is 16.7 Å². The van der Waals surface area contributed by atoms with E-state index < -0.39 is 0 Å². The van der Waals surface area contributed by atoms with Crippen LogP contribution in [0.15, 0.2) is 54.6 Å². The topological polar surface area (TPSA) is 3.24 Å². The Morgan fingerprint density at radius 3 is 2.14 bits per heavy atom. The summed E-state index contributed by atoms with van der Waals surface area (Å²) in [7, 11) is 0. The molecule has 2 aromatic rings. The van der Waals surface area contributed by atoms with Gasteiger partial charge in [0.15, 0.2) is 0 Å². The number of hydrogen-bond donors (Lipinski definition) is 0. The molecule has 0 aromatic heterocycles. The van der Waals surface area contributed by atoms with Crippen LogP contribution in [0.2, 0.25) is 0 Å². The van der Waals surface area contributed by atoms with E-state index in [0.29, 0.717) is 6.04 Å². The molecule has 1 nitrogen and oxygen atoms in total. The molecular formula is C25H33Cl2N. The fourth-order valence-corrected chi connectivity index (χ4v) is 5.27. The van der Waals surface area contributed by atoms with Crippen molar-refractivity contribution in [2.45, 2.75) is 75.2 Å². The molecule has 2 aromatic carbocycles. The van der Waals surface area contributed by atoms with Crippen molar-refractivity contribution in [3.8, 4) is 0 Å². The molecule has 0 radical (unpaired) electrons. The highest BCUT2D eigenvalue weighted by Crippen LogP contribution is 2.39. The molecule has 152 valence electrons. The van der Waals surface area contributed by atoms with Gasteiger partial charge in [-0.15, -0.1) is 23.2 Å². The first-order valence-corrected chi connectivity index (χ1v) is 11.6. The van der Waals surface area contributed by atoms with Gasteiger partial charge >= 0.3 is 0 Å². The molecule has 0 bridgehead atoms. The van der Waals surface area contributed by atoms with Gasteiger partial charge in [0, 0.05) is 29.3 Å². The van der Waals surface area contributed by atoms with Crippen LogP contribution in [0.1, 0.15) is 62.1 Å². The number of hydrogen-bond acceptors (Lipinski definition) is 1. The number of benzene rings is 2. The highest BCUT2D eigenvalue weighted by molar-refractivity contribution is 6.24. The monoisotopic (exact) mass is 417 g/mol. The molecule has 0 aliphatic heterocycles. The van der Waals surface area contributed by atoms with Crippen LogP contribution in [0.4, 0.5) is 0 Å². The molecule has 1 fully saturated rings. The SMILES string of the molecule is CC(C)N(CCCc1ccc(C2C(Cl)CCCC2Cl)cc1)Cc1ccccc1. The molecule has 3 rings (SSSR count). The van der Waals surface area contributed by atoms with Crippen LogP contribution in [0.25, 0.3) is 0 Å². The third-order valence-electron chi connectivity index (χ3n) is 5.97. The zero-order valence-electron chi connectivity index (χ0n) is 17.2. The molecular weight excluding hydrogens is 385 g/mol. The Bertz CT molecular complexity index is 688. The number of halogens is 2. The third kappa shape index (κ3) is 5.99. The second-order valence-corrected chi connectivity index (χ2v) is 9.50. The van der Waals surface area contributed by atoms with E-state index in [0.717, 1.165) is 38.8 Å². The Hall–Kier alpha value is -1.02. The van der Waals surface area contributed by atoms with Crippen molar-refractivity contribution in [1.82, 2.24) is 4.90 Å². The van der Waals surface area contributed by atoms with Gasteiger partial charge in [0.1, 0.15) is 0 Å². The van der Waals surface area contributed by atoms with E-state index in [1.54, 1.807) is 0 Å². The fourth-order valence-electron chi connectivity index (χ4n) is 4.24. The van der Waals surface area contributed by atoms with E-state index in [1.807, 2.05) is 0 Å². The smallest absolute Gasteiger partial charge is 0.0418 e. The van der Waals surface area contributed by atoms with E-state index in [1.165, 1.54) is 23.1 Å². The Kier molecular flexibility index (Phi) is 8.26. The molecule has 1 aliphatic carbocycles. The summed E-state index contributed by atoms with van der Waals surface area (Å²) in [4.78, 5) is 2.56. The van der Waals surface area contributed by atoms with Crippen molar-refractivity contribution in [3.63, 3.8) is 0 Å². The number of alkyl halides is 2. The van der Waals surface area contributed by atoms with Crippen LogP contribution in [0.3, 0.4) is 0 Å². The molecule has 2 atom stereocenters. The maximum absolute atomic E-state index is 6.58. The average molecular weight is 418 g/mol. The van der Waals surface area contributed by atoms with Crippen molar-refractivity contribution >= 4 is 23.2 Å². The lowest BCUT2D eigenvalue weighted by Gasteiger charge is -2.32.